The van der Waals surface area contributed by atoms with Crippen LogP contribution in [0.5, 0.6) is 11.5 Å². The smallest absolute Gasteiger partial charge is 0.162 e. The molecule has 24 heavy (non-hydrogen) atoms. The standard InChI is InChI=1S/C18H22N4O2/c1-12(9-18-20-7-8-22(18)2)21-14-5-6-19-15-11-17(24-4)16(23-3)10-13(14)15/h5-8,10-12H,9H2,1-4H3,(H,19,21). The van der Waals surface area contributed by atoms with E-state index in [0.29, 0.717) is 11.5 Å². The van der Waals surface area contributed by atoms with Gasteiger partial charge in [-0.1, -0.05) is 0 Å². The second kappa shape index (κ2) is 6.78. The summed E-state index contributed by atoms with van der Waals surface area (Å²) in [7, 11) is 5.27. The Kier molecular flexibility index (Phi) is 4.55. The van der Waals surface area contributed by atoms with E-state index in [1.807, 2.05) is 42.2 Å². The first-order valence-corrected chi connectivity index (χ1v) is 7.86. The van der Waals surface area contributed by atoms with Gasteiger partial charge in [0.15, 0.2) is 11.5 Å². The van der Waals surface area contributed by atoms with Crippen molar-refractivity contribution in [3.05, 3.63) is 42.6 Å². The third kappa shape index (κ3) is 3.13. The molecule has 0 fully saturated rings. The molecule has 1 N–H and O–H groups in total. The highest BCUT2D eigenvalue weighted by molar-refractivity contribution is 5.93. The number of methoxy groups -OCH3 is 2. The SMILES string of the molecule is COc1cc2nccc(NC(C)Cc3nccn3C)c2cc1OC. The normalized spacial score (nSPS) is 12.2. The van der Waals surface area contributed by atoms with E-state index < -0.39 is 0 Å². The van der Waals surface area contributed by atoms with E-state index in [1.54, 1.807) is 20.4 Å². The minimum atomic E-state index is 0.227. The quantitative estimate of drug-likeness (QED) is 0.754. The zero-order valence-corrected chi connectivity index (χ0v) is 14.4. The van der Waals surface area contributed by atoms with E-state index in [2.05, 4.69) is 22.2 Å². The molecule has 2 aromatic heterocycles. The lowest BCUT2D eigenvalue weighted by molar-refractivity contribution is 0.356. The Labute approximate surface area is 141 Å². The van der Waals surface area contributed by atoms with Crippen LogP contribution in [-0.4, -0.2) is 34.8 Å². The van der Waals surface area contributed by atoms with Crippen molar-refractivity contribution in [3.8, 4) is 11.5 Å². The van der Waals surface area contributed by atoms with E-state index in [1.165, 1.54) is 0 Å². The molecular weight excluding hydrogens is 304 g/mol. The average Bonchev–Trinajstić information content (AvgIpc) is 2.98. The first-order valence-electron chi connectivity index (χ1n) is 7.86. The summed E-state index contributed by atoms with van der Waals surface area (Å²) in [5.74, 6) is 2.42. The zero-order chi connectivity index (χ0) is 17.1. The van der Waals surface area contributed by atoms with Gasteiger partial charge in [-0.2, -0.15) is 0 Å². The summed E-state index contributed by atoms with van der Waals surface area (Å²) in [6.45, 7) is 2.14. The summed E-state index contributed by atoms with van der Waals surface area (Å²) in [6, 6.07) is 6.05. The Morgan fingerprint density at radius 3 is 2.54 bits per heavy atom. The first-order chi connectivity index (χ1) is 11.6. The van der Waals surface area contributed by atoms with E-state index >= 15 is 0 Å². The maximum atomic E-state index is 5.41. The van der Waals surface area contributed by atoms with Gasteiger partial charge < -0.3 is 19.4 Å². The van der Waals surface area contributed by atoms with Crippen molar-refractivity contribution in [1.82, 2.24) is 14.5 Å². The number of nitrogens with one attached hydrogen (secondary N) is 1. The second-order valence-corrected chi connectivity index (χ2v) is 5.79. The number of fused-ring (bicyclic) bond motifs is 1. The van der Waals surface area contributed by atoms with Gasteiger partial charge in [-0.3, -0.25) is 4.98 Å². The highest BCUT2D eigenvalue weighted by Gasteiger charge is 2.12. The molecule has 126 valence electrons. The van der Waals surface area contributed by atoms with Gasteiger partial charge in [0.2, 0.25) is 0 Å². The van der Waals surface area contributed by atoms with Crippen molar-refractivity contribution in [2.75, 3.05) is 19.5 Å². The number of anilines is 1. The molecule has 0 radical (unpaired) electrons. The number of benzene rings is 1. The molecule has 3 rings (SSSR count). The topological polar surface area (TPSA) is 61.2 Å². The first kappa shape index (κ1) is 16.1. The predicted octanol–water partition coefficient (Wildman–Crippen LogP) is 3.03. The molecule has 1 unspecified atom stereocenters. The molecule has 1 aromatic carbocycles. The van der Waals surface area contributed by atoms with Crippen LogP contribution >= 0.6 is 0 Å². The van der Waals surface area contributed by atoms with Crippen molar-refractivity contribution in [3.63, 3.8) is 0 Å². The molecule has 3 aromatic rings. The lowest BCUT2D eigenvalue weighted by atomic mass is 10.1. The Morgan fingerprint density at radius 2 is 1.88 bits per heavy atom. The van der Waals surface area contributed by atoms with Crippen molar-refractivity contribution < 1.29 is 9.47 Å². The molecule has 0 bridgehead atoms. The molecule has 0 saturated carbocycles. The summed E-state index contributed by atoms with van der Waals surface area (Å²) in [6.07, 6.45) is 6.41. The lowest BCUT2D eigenvalue weighted by Gasteiger charge is -2.17. The highest BCUT2D eigenvalue weighted by atomic mass is 16.5. The number of aryl methyl sites for hydroxylation is 1. The lowest BCUT2D eigenvalue weighted by Crippen LogP contribution is -2.20. The summed E-state index contributed by atoms with van der Waals surface area (Å²) < 4.78 is 12.8. The van der Waals surface area contributed by atoms with Gasteiger partial charge in [0.25, 0.3) is 0 Å². The third-order valence-corrected chi connectivity index (χ3v) is 4.06. The number of hydrogen-bond donors (Lipinski definition) is 1. The van der Waals surface area contributed by atoms with Crippen molar-refractivity contribution in [2.45, 2.75) is 19.4 Å². The van der Waals surface area contributed by atoms with Gasteiger partial charge >= 0.3 is 0 Å². The van der Waals surface area contributed by atoms with Gasteiger partial charge in [0.05, 0.1) is 19.7 Å². The van der Waals surface area contributed by atoms with Crippen LogP contribution in [0.15, 0.2) is 36.8 Å². The maximum absolute atomic E-state index is 5.41. The minimum Gasteiger partial charge on any atom is -0.493 e. The molecule has 0 aliphatic heterocycles. The molecule has 6 nitrogen and oxygen atoms in total. The van der Waals surface area contributed by atoms with Crippen molar-refractivity contribution in [1.29, 1.82) is 0 Å². The summed E-state index contributed by atoms with van der Waals surface area (Å²) in [5, 5.41) is 4.55. The molecule has 2 heterocycles. The second-order valence-electron chi connectivity index (χ2n) is 5.79. The molecule has 0 saturated heterocycles. The highest BCUT2D eigenvalue weighted by Crippen LogP contribution is 2.34. The minimum absolute atomic E-state index is 0.227. The molecule has 0 amide bonds. The van der Waals surface area contributed by atoms with Crippen LogP contribution in [-0.2, 0) is 13.5 Å². The Morgan fingerprint density at radius 1 is 1.12 bits per heavy atom. The fourth-order valence-corrected chi connectivity index (χ4v) is 2.78. The fourth-order valence-electron chi connectivity index (χ4n) is 2.78. The van der Waals surface area contributed by atoms with Gasteiger partial charge in [0.1, 0.15) is 5.82 Å². The third-order valence-electron chi connectivity index (χ3n) is 4.06. The Bertz CT molecular complexity index is 844. The van der Waals surface area contributed by atoms with Crippen LogP contribution in [0.25, 0.3) is 10.9 Å². The van der Waals surface area contributed by atoms with Crippen LogP contribution in [0, 0.1) is 0 Å². The van der Waals surface area contributed by atoms with Crippen LogP contribution in [0.1, 0.15) is 12.7 Å². The number of pyridine rings is 1. The van der Waals surface area contributed by atoms with Crippen LogP contribution < -0.4 is 14.8 Å². The largest absolute Gasteiger partial charge is 0.493 e. The summed E-state index contributed by atoms with van der Waals surface area (Å²) >= 11 is 0. The molecular formula is C18H22N4O2. The van der Waals surface area contributed by atoms with Gasteiger partial charge in [0, 0.05) is 55.2 Å². The number of nitrogens with zero attached hydrogens (tertiary/aromatic N) is 3. The van der Waals surface area contributed by atoms with Gasteiger partial charge in [-0.15, -0.1) is 0 Å². The number of aromatic nitrogens is 3. The van der Waals surface area contributed by atoms with Crippen LogP contribution in [0.2, 0.25) is 0 Å². The molecule has 1 atom stereocenters. The van der Waals surface area contributed by atoms with Crippen molar-refractivity contribution in [2.24, 2.45) is 7.05 Å². The maximum Gasteiger partial charge on any atom is 0.162 e. The van der Waals surface area contributed by atoms with Crippen molar-refractivity contribution >= 4 is 16.6 Å². The predicted molar refractivity (Wildman–Crippen MR) is 94.8 cm³/mol. The fraction of sp³-hybridized carbons (Fsp3) is 0.333. The summed E-state index contributed by atoms with van der Waals surface area (Å²) in [4.78, 5) is 8.81. The average molecular weight is 326 g/mol. The Balaban J connectivity index is 1.90. The number of ether oxygens (including phenoxy) is 2. The molecule has 0 aliphatic rings. The molecule has 0 aliphatic carbocycles. The van der Waals surface area contributed by atoms with E-state index in [9.17, 15) is 0 Å². The number of rotatable bonds is 6. The van der Waals surface area contributed by atoms with Gasteiger partial charge in [-0.25, -0.2) is 4.98 Å². The van der Waals surface area contributed by atoms with E-state index in [4.69, 9.17) is 9.47 Å². The molecule has 0 spiro atoms. The Hall–Kier alpha value is -2.76. The van der Waals surface area contributed by atoms with Crippen LogP contribution in [0.3, 0.4) is 0 Å². The zero-order valence-electron chi connectivity index (χ0n) is 14.4. The monoisotopic (exact) mass is 326 g/mol. The van der Waals surface area contributed by atoms with E-state index in [0.717, 1.165) is 28.8 Å². The summed E-state index contributed by atoms with van der Waals surface area (Å²) in [5.41, 5.74) is 1.88. The number of hydrogen-bond acceptors (Lipinski definition) is 5. The van der Waals surface area contributed by atoms with E-state index in [-0.39, 0.29) is 6.04 Å². The van der Waals surface area contributed by atoms with Crippen LogP contribution in [0.4, 0.5) is 5.69 Å². The molecule has 6 heteroatoms. The number of imidazole rings is 1. The van der Waals surface area contributed by atoms with Gasteiger partial charge in [-0.05, 0) is 19.1 Å².